The molecule has 1 N–H and O–H groups in total. The molecule has 3 aromatic carbocycles. The maximum Gasteiger partial charge on any atom is 0.251 e. The standard InChI is InChI=1S/C30H26N2O3S/c1-17(2)18-11-13-19(14-12-18)25-24-15-36-16-32(24)30(22-9-5-6-10-23(22)31-28(30)35)29(25)26(33)20-7-3-4-8-21(20)27(29)34/h3-14,17,24-25H,15-16H2,1-2H3,(H,31,35)/t24-,25-,30-/m0/s1. The Labute approximate surface area is 214 Å². The number of ketones is 2. The van der Waals surface area contributed by atoms with Crippen LogP contribution in [0.3, 0.4) is 0 Å². The largest absolute Gasteiger partial charge is 0.324 e. The highest BCUT2D eigenvalue weighted by atomic mass is 32.2. The summed E-state index contributed by atoms with van der Waals surface area (Å²) in [4.78, 5) is 45.8. The number of amides is 1. The van der Waals surface area contributed by atoms with Crippen LogP contribution >= 0.6 is 11.8 Å². The van der Waals surface area contributed by atoms with Crippen LogP contribution in [-0.4, -0.2) is 40.0 Å². The van der Waals surface area contributed by atoms with Crippen molar-refractivity contribution in [1.82, 2.24) is 4.90 Å². The van der Waals surface area contributed by atoms with Gasteiger partial charge in [0.15, 0.2) is 17.1 Å². The van der Waals surface area contributed by atoms with Crippen molar-refractivity contribution < 1.29 is 14.4 Å². The molecule has 6 heteroatoms. The zero-order valence-corrected chi connectivity index (χ0v) is 21.0. The molecular formula is C30H26N2O3S. The average molecular weight is 495 g/mol. The minimum Gasteiger partial charge on any atom is -0.324 e. The molecule has 0 saturated carbocycles. The van der Waals surface area contributed by atoms with Crippen LogP contribution in [0.1, 0.15) is 63.1 Å². The van der Waals surface area contributed by atoms with E-state index >= 15 is 0 Å². The number of nitrogens with zero attached hydrogens (tertiary/aromatic N) is 1. The Morgan fingerprint density at radius 3 is 2.19 bits per heavy atom. The molecule has 2 spiro atoms. The lowest BCUT2D eigenvalue weighted by Crippen LogP contribution is -2.60. The Kier molecular flexibility index (Phi) is 4.53. The first kappa shape index (κ1) is 22.0. The molecule has 7 rings (SSSR count). The third kappa shape index (κ3) is 2.35. The average Bonchev–Trinajstić information content (AvgIpc) is 3.59. The fraction of sp³-hybridized carbons (Fsp3) is 0.300. The second-order valence-corrected chi connectivity index (χ2v) is 11.6. The van der Waals surface area contributed by atoms with Crippen LogP contribution in [0.15, 0.2) is 72.8 Å². The maximum absolute atomic E-state index is 14.7. The summed E-state index contributed by atoms with van der Waals surface area (Å²) in [7, 11) is 0. The highest BCUT2D eigenvalue weighted by Crippen LogP contribution is 2.70. The maximum atomic E-state index is 14.7. The summed E-state index contributed by atoms with van der Waals surface area (Å²) in [5.41, 5.74) is 1.46. The van der Waals surface area contributed by atoms with Crippen LogP contribution in [-0.2, 0) is 10.3 Å². The number of para-hydroxylation sites is 1. The first-order chi connectivity index (χ1) is 17.4. The Morgan fingerprint density at radius 1 is 0.889 bits per heavy atom. The lowest BCUT2D eigenvalue weighted by molar-refractivity contribution is -0.129. The minimum absolute atomic E-state index is 0.126. The fourth-order valence-corrected chi connectivity index (χ4v) is 8.62. The Hall–Kier alpha value is -3.22. The first-order valence-electron chi connectivity index (χ1n) is 12.5. The molecule has 2 saturated heterocycles. The lowest BCUT2D eigenvalue weighted by Gasteiger charge is -2.42. The van der Waals surface area contributed by atoms with E-state index in [2.05, 4.69) is 48.3 Å². The van der Waals surface area contributed by atoms with E-state index < -0.39 is 16.9 Å². The second-order valence-electron chi connectivity index (χ2n) is 10.6. The third-order valence-electron chi connectivity index (χ3n) is 8.76. The highest BCUT2D eigenvalue weighted by Gasteiger charge is 2.82. The number of thioether (sulfide) groups is 1. The number of carbonyl (C=O) groups excluding carboxylic acids is 3. The molecule has 4 aliphatic rings. The highest BCUT2D eigenvalue weighted by molar-refractivity contribution is 7.99. The molecule has 0 unspecified atom stereocenters. The number of carbonyl (C=O) groups is 3. The number of hydrogen-bond donors (Lipinski definition) is 1. The lowest BCUT2D eigenvalue weighted by atomic mass is 9.57. The van der Waals surface area contributed by atoms with Crippen LogP contribution in [0, 0.1) is 5.41 Å². The van der Waals surface area contributed by atoms with Crippen LogP contribution in [0.25, 0.3) is 0 Å². The van der Waals surface area contributed by atoms with E-state index in [0.717, 1.165) is 16.9 Å². The SMILES string of the molecule is CC(C)c1ccc([C@H]2[C@@H]3CSCN3[C@@]3(C(=O)Nc4ccccc43)C23C(=O)c2ccccc2C3=O)cc1. The van der Waals surface area contributed by atoms with Crippen LogP contribution in [0.5, 0.6) is 0 Å². The van der Waals surface area contributed by atoms with Gasteiger partial charge >= 0.3 is 0 Å². The number of Topliss-reactive ketones (excluding diaryl/α,β-unsaturated/α-hetero) is 2. The Morgan fingerprint density at radius 2 is 1.53 bits per heavy atom. The Bertz CT molecular complexity index is 1430. The number of benzene rings is 3. The molecule has 0 bridgehead atoms. The van der Waals surface area contributed by atoms with Crippen molar-refractivity contribution in [2.75, 3.05) is 16.9 Å². The van der Waals surface area contributed by atoms with E-state index in [1.165, 1.54) is 5.56 Å². The zero-order chi connectivity index (χ0) is 24.8. The summed E-state index contributed by atoms with van der Waals surface area (Å²) in [5.74, 6) is 0.538. The molecule has 1 aliphatic carbocycles. The van der Waals surface area contributed by atoms with Crippen molar-refractivity contribution in [3.63, 3.8) is 0 Å². The molecule has 3 aliphatic heterocycles. The van der Waals surface area contributed by atoms with Crippen LogP contribution in [0.4, 0.5) is 5.69 Å². The molecule has 3 atom stereocenters. The molecule has 3 aromatic rings. The molecule has 0 radical (unpaired) electrons. The predicted octanol–water partition coefficient (Wildman–Crippen LogP) is 5.20. The van der Waals surface area contributed by atoms with Gasteiger partial charge in [0.2, 0.25) is 0 Å². The van der Waals surface area contributed by atoms with Crippen LogP contribution < -0.4 is 5.32 Å². The van der Waals surface area contributed by atoms with Gasteiger partial charge in [-0.15, -0.1) is 11.8 Å². The van der Waals surface area contributed by atoms with Crippen LogP contribution in [0.2, 0.25) is 0 Å². The van der Waals surface area contributed by atoms with Gasteiger partial charge < -0.3 is 5.32 Å². The van der Waals surface area contributed by atoms with E-state index in [-0.39, 0.29) is 23.5 Å². The summed E-state index contributed by atoms with van der Waals surface area (Å²) < 4.78 is 0. The van der Waals surface area contributed by atoms with Gasteiger partial charge in [-0.3, -0.25) is 19.3 Å². The predicted molar refractivity (Wildman–Crippen MR) is 141 cm³/mol. The molecule has 0 aromatic heterocycles. The minimum atomic E-state index is -1.57. The van der Waals surface area contributed by atoms with Gasteiger partial charge in [-0.1, -0.05) is 80.6 Å². The normalized spacial score (nSPS) is 27.7. The molecule has 1 amide bonds. The number of fused-ring (bicyclic) bond motifs is 6. The van der Waals surface area contributed by atoms with Gasteiger partial charge in [-0.2, -0.15) is 0 Å². The number of nitrogens with one attached hydrogen (secondary N) is 1. The summed E-state index contributed by atoms with van der Waals surface area (Å²) in [6, 6.07) is 22.9. The van der Waals surface area contributed by atoms with Gasteiger partial charge in [-0.05, 0) is 23.1 Å². The first-order valence-corrected chi connectivity index (χ1v) is 13.6. The van der Waals surface area contributed by atoms with Crippen molar-refractivity contribution in [1.29, 1.82) is 0 Å². The molecule has 2 fully saturated rings. The van der Waals surface area contributed by atoms with E-state index in [1.807, 2.05) is 24.3 Å². The Balaban J connectivity index is 1.58. The van der Waals surface area contributed by atoms with E-state index in [1.54, 1.807) is 36.0 Å². The van der Waals surface area contributed by atoms with Crippen molar-refractivity contribution in [2.24, 2.45) is 5.41 Å². The van der Waals surface area contributed by atoms with Crippen molar-refractivity contribution >= 4 is 34.9 Å². The molecule has 3 heterocycles. The van der Waals surface area contributed by atoms with Gasteiger partial charge in [-0.25, -0.2) is 0 Å². The van der Waals surface area contributed by atoms with Crippen molar-refractivity contribution in [3.8, 4) is 0 Å². The van der Waals surface area contributed by atoms with Crippen molar-refractivity contribution in [3.05, 3.63) is 101 Å². The smallest absolute Gasteiger partial charge is 0.251 e. The summed E-state index contributed by atoms with van der Waals surface area (Å²) in [6.07, 6.45) is 0. The molecule has 5 nitrogen and oxygen atoms in total. The van der Waals surface area contributed by atoms with Gasteiger partial charge in [0.05, 0.1) is 0 Å². The quantitative estimate of drug-likeness (QED) is 0.497. The van der Waals surface area contributed by atoms with E-state index in [0.29, 0.717) is 28.6 Å². The topological polar surface area (TPSA) is 66.5 Å². The number of hydrogen-bond acceptors (Lipinski definition) is 5. The summed E-state index contributed by atoms with van der Waals surface area (Å²) in [5, 5.41) is 3.06. The number of anilines is 1. The zero-order valence-electron chi connectivity index (χ0n) is 20.2. The van der Waals surface area contributed by atoms with E-state index in [4.69, 9.17) is 0 Å². The van der Waals surface area contributed by atoms with Crippen molar-refractivity contribution in [2.45, 2.75) is 37.3 Å². The van der Waals surface area contributed by atoms with E-state index in [9.17, 15) is 14.4 Å². The summed E-state index contributed by atoms with van der Waals surface area (Å²) >= 11 is 1.76. The van der Waals surface area contributed by atoms with Gasteiger partial charge in [0, 0.05) is 46.0 Å². The molecule has 36 heavy (non-hydrogen) atoms. The monoisotopic (exact) mass is 494 g/mol. The van der Waals surface area contributed by atoms with Gasteiger partial charge in [0.1, 0.15) is 5.41 Å². The second kappa shape index (κ2) is 7.40. The van der Waals surface area contributed by atoms with Gasteiger partial charge in [0.25, 0.3) is 5.91 Å². The molecule has 180 valence electrons. The number of rotatable bonds is 2. The fourth-order valence-electron chi connectivity index (χ4n) is 7.32. The third-order valence-corrected chi connectivity index (χ3v) is 9.80. The summed E-state index contributed by atoms with van der Waals surface area (Å²) in [6.45, 7) is 4.30. The molecular weight excluding hydrogens is 468 g/mol.